The smallest absolute Gasteiger partial charge is 0.277 e. The van der Waals surface area contributed by atoms with E-state index in [1.54, 1.807) is 19.1 Å². The minimum atomic E-state index is -0.823. The summed E-state index contributed by atoms with van der Waals surface area (Å²) in [5.74, 6) is 0.0680. The highest BCUT2D eigenvalue weighted by Gasteiger charge is 2.20. The Kier molecular flexibility index (Phi) is 6.46. The van der Waals surface area contributed by atoms with Crippen molar-refractivity contribution in [2.24, 2.45) is 5.10 Å². The van der Waals surface area contributed by atoms with Crippen LogP contribution in [0.15, 0.2) is 70.2 Å². The first-order valence-corrected chi connectivity index (χ1v) is 10.7. The number of aryl methyl sites for hydroxylation is 1. The zero-order valence-corrected chi connectivity index (χ0v) is 19.2. The van der Waals surface area contributed by atoms with Crippen molar-refractivity contribution in [2.75, 3.05) is 0 Å². The van der Waals surface area contributed by atoms with E-state index in [0.717, 1.165) is 46.1 Å². The number of carbonyl (C=O) groups is 1. The third kappa shape index (κ3) is 5.20. The van der Waals surface area contributed by atoms with Gasteiger partial charge in [0, 0.05) is 35.2 Å². The first-order chi connectivity index (χ1) is 17.1. The molecule has 36 heavy (non-hydrogen) atoms. The standard InChI is InChI=1S/C25H20N4O7/c1-14(26-27-25(31)19-11-20(28(32)33)13-21(12-19)29(34)35)7-16-3-5-23(30)22(9-16)17-4-6-24-18(10-17)8-15(2)36-24/h3-6,8-13,30H,7H2,1-2H3,(H,27,31). The van der Waals surface area contributed by atoms with Gasteiger partial charge in [-0.1, -0.05) is 12.1 Å². The lowest BCUT2D eigenvalue weighted by Crippen LogP contribution is -2.20. The van der Waals surface area contributed by atoms with Crippen LogP contribution in [-0.4, -0.2) is 26.6 Å². The maximum Gasteiger partial charge on any atom is 0.277 e. The monoisotopic (exact) mass is 488 g/mol. The molecule has 4 rings (SSSR count). The summed E-state index contributed by atoms with van der Waals surface area (Å²) in [5.41, 5.74) is 4.35. The van der Waals surface area contributed by atoms with E-state index in [9.17, 15) is 30.1 Å². The Morgan fingerprint density at radius 2 is 1.69 bits per heavy atom. The summed E-state index contributed by atoms with van der Waals surface area (Å²) < 4.78 is 5.60. The van der Waals surface area contributed by atoms with Gasteiger partial charge in [-0.3, -0.25) is 25.0 Å². The fraction of sp³-hybridized carbons (Fsp3) is 0.120. The second-order valence-electron chi connectivity index (χ2n) is 8.18. The Hall–Kier alpha value is -5.06. The van der Waals surface area contributed by atoms with Crippen molar-refractivity contribution in [3.63, 3.8) is 0 Å². The quantitative estimate of drug-likeness (QED) is 0.203. The number of benzene rings is 3. The van der Waals surface area contributed by atoms with Gasteiger partial charge in [0.1, 0.15) is 17.1 Å². The number of phenolic OH excluding ortho intramolecular Hbond substituents is 1. The normalized spacial score (nSPS) is 11.4. The van der Waals surface area contributed by atoms with Crippen molar-refractivity contribution in [1.29, 1.82) is 0 Å². The average molecular weight is 488 g/mol. The van der Waals surface area contributed by atoms with E-state index < -0.39 is 27.1 Å². The van der Waals surface area contributed by atoms with Gasteiger partial charge < -0.3 is 9.52 Å². The number of non-ortho nitro benzene ring substituents is 2. The molecule has 1 aromatic heterocycles. The number of nitro benzene ring substituents is 2. The SMILES string of the molecule is CC(Cc1ccc(O)c(-c2ccc3oc(C)cc3c2)c1)=NNC(=O)c1cc([N+](=O)[O-])cc([N+](=O)[O-])c1. The van der Waals surface area contributed by atoms with Gasteiger partial charge in [-0.05, 0) is 55.3 Å². The number of hydrogen-bond acceptors (Lipinski definition) is 8. The lowest BCUT2D eigenvalue weighted by Gasteiger charge is -2.09. The highest BCUT2D eigenvalue weighted by Crippen LogP contribution is 2.33. The summed E-state index contributed by atoms with van der Waals surface area (Å²) in [4.78, 5) is 32.9. The molecule has 182 valence electrons. The Morgan fingerprint density at radius 3 is 2.36 bits per heavy atom. The van der Waals surface area contributed by atoms with Gasteiger partial charge in [0.25, 0.3) is 17.3 Å². The molecule has 2 N–H and O–H groups in total. The number of amides is 1. The molecule has 0 unspecified atom stereocenters. The molecule has 0 fully saturated rings. The average Bonchev–Trinajstić information content (AvgIpc) is 3.22. The van der Waals surface area contributed by atoms with Crippen LogP contribution in [0.3, 0.4) is 0 Å². The number of nitro groups is 2. The summed E-state index contributed by atoms with van der Waals surface area (Å²) >= 11 is 0. The maximum absolute atomic E-state index is 12.4. The molecule has 0 aliphatic carbocycles. The van der Waals surface area contributed by atoms with Crippen LogP contribution in [0, 0.1) is 27.2 Å². The van der Waals surface area contributed by atoms with Crippen molar-refractivity contribution in [3.8, 4) is 16.9 Å². The van der Waals surface area contributed by atoms with E-state index in [4.69, 9.17) is 4.42 Å². The molecule has 0 aliphatic heterocycles. The highest BCUT2D eigenvalue weighted by molar-refractivity contribution is 5.96. The lowest BCUT2D eigenvalue weighted by atomic mass is 9.99. The number of carbonyl (C=O) groups excluding carboxylic acids is 1. The first-order valence-electron chi connectivity index (χ1n) is 10.7. The second-order valence-corrected chi connectivity index (χ2v) is 8.18. The van der Waals surface area contributed by atoms with Crippen LogP contribution in [-0.2, 0) is 6.42 Å². The van der Waals surface area contributed by atoms with Gasteiger partial charge in [0.05, 0.1) is 21.5 Å². The van der Waals surface area contributed by atoms with E-state index in [1.165, 1.54) is 0 Å². The molecule has 11 heteroatoms. The Bertz CT molecular complexity index is 1520. The summed E-state index contributed by atoms with van der Waals surface area (Å²) in [7, 11) is 0. The molecule has 0 saturated carbocycles. The fourth-order valence-electron chi connectivity index (χ4n) is 3.75. The molecule has 0 atom stereocenters. The molecule has 0 radical (unpaired) electrons. The first kappa shape index (κ1) is 24.1. The molecule has 0 bridgehead atoms. The summed E-state index contributed by atoms with van der Waals surface area (Å²) in [6.07, 6.45) is 0.329. The van der Waals surface area contributed by atoms with E-state index in [-0.39, 0.29) is 11.3 Å². The van der Waals surface area contributed by atoms with Crippen LogP contribution < -0.4 is 5.43 Å². The van der Waals surface area contributed by atoms with Crippen LogP contribution in [0.25, 0.3) is 22.1 Å². The largest absolute Gasteiger partial charge is 0.507 e. The molecule has 0 aliphatic rings. The predicted octanol–water partition coefficient (Wildman–Crippen LogP) is 5.28. The Labute approximate surface area is 204 Å². The molecule has 11 nitrogen and oxygen atoms in total. The molecule has 1 amide bonds. The van der Waals surface area contributed by atoms with Crippen molar-refractivity contribution in [2.45, 2.75) is 20.3 Å². The van der Waals surface area contributed by atoms with Crippen LogP contribution in [0.1, 0.15) is 28.6 Å². The predicted molar refractivity (Wildman–Crippen MR) is 132 cm³/mol. The van der Waals surface area contributed by atoms with E-state index in [1.807, 2.05) is 37.3 Å². The minimum Gasteiger partial charge on any atom is -0.507 e. The van der Waals surface area contributed by atoms with Gasteiger partial charge in [-0.25, -0.2) is 5.43 Å². The van der Waals surface area contributed by atoms with Crippen molar-refractivity contribution >= 4 is 34.0 Å². The van der Waals surface area contributed by atoms with Crippen molar-refractivity contribution in [3.05, 3.63) is 97.8 Å². The number of hydrogen-bond donors (Lipinski definition) is 2. The number of fused-ring (bicyclic) bond motifs is 1. The number of phenols is 1. The maximum atomic E-state index is 12.4. The van der Waals surface area contributed by atoms with Gasteiger partial charge >= 0.3 is 0 Å². The molecular formula is C25H20N4O7. The van der Waals surface area contributed by atoms with Crippen LogP contribution in [0.5, 0.6) is 5.75 Å². The molecule has 1 heterocycles. The van der Waals surface area contributed by atoms with Gasteiger partial charge in [0.2, 0.25) is 0 Å². The van der Waals surface area contributed by atoms with Crippen molar-refractivity contribution < 1.29 is 24.2 Å². The highest BCUT2D eigenvalue weighted by atomic mass is 16.6. The number of nitrogens with zero attached hydrogens (tertiary/aromatic N) is 3. The number of nitrogens with one attached hydrogen (secondary N) is 1. The van der Waals surface area contributed by atoms with Crippen LogP contribution >= 0.6 is 0 Å². The Morgan fingerprint density at radius 1 is 1.00 bits per heavy atom. The summed E-state index contributed by atoms with van der Waals surface area (Å²) in [6, 6.07) is 15.3. The zero-order chi connectivity index (χ0) is 26.0. The van der Waals surface area contributed by atoms with Gasteiger partial charge in [0.15, 0.2) is 0 Å². The Balaban J connectivity index is 1.52. The third-order valence-electron chi connectivity index (χ3n) is 5.41. The van der Waals surface area contributed by atoms with E-state index in [0.29, 0.717) is 17.7 Å². The number of hydrazone groups is 1. The number of aromatic hydroxyl groups is 1. The molecule has 3 aromatic carbocycles. The lowest BCUT2D eigenvalue weighted by molar-refractivity contribution is -0.394. The molecule has 4 aromatic rings. The van der Waals surface area contributed by atoms with Gasteiger partial charge in [-0.15, -0.1) is 0 Å². The summed E-state index contributed by atoms with van der Waals surface area (Å²) in [6.45, 7) is 3.53. The number of rotatable bonds is 7. The van der Waals surface area contributed by atoms with Gasteiger partial charge in [-0.2, -0.15) is 5.10 Å². The molecule has 0 spiro atoms. The van der Waals surface area contributed by atoms with Crippen molar-refractivity contribution in [1.82, 2.24) is 5.43 Å². The minimum absolute atomic E-state index is 0.105. The topological polar surface area (TPSA) is 161 Å². The van der Waals surface area contributed by atoms with Crippen LogP contribution in [0.2, 0.25) is 0 Å². The van der Waals surface area contributed by atoms with E-state index in [2.05, 4.69) is 10.5 Å². The molecule has 0 saturated heterocycles. The third-order valence-corrected chi connectivity index (χ3v) is 5.41. The number of furan rings is 1. The fourth-order valence-corrected chi connectivity index (χ4v) is 3.75. The summed E-state index contributed by atoms with van der Waals surface area (Å²) in [5, 5.41) is 37.4. The van der Waals surface area contributed by atoms with Crippen LogP contribution in [0.4, 0.5) is 11.4 Å². The molecular weight excluding hydrogens is 468 g/mol. The second kappa shape index (κ2) is 9.66. The van der Waals surface area contributed by atoms with E-state index >= 15 is 0 Å². The zero-order valence-electron chi connectivity index (χ0n) is 19.2.